The number of esters is 5. The number of carbonyl (C=O) groups is 10. The molecule has 2 N–H and O–H groups in total. The molecule has 1 amide bonds. The SMILES string of the molecule is COC[C@H]1OC(=O)c2coc3c2[C@@]1(C)C1=C(C3=O)C2CC[C@H](OC(=O)COCC(=O)OC3CCC(C[C@@H](C)[C@@H]4CC(=O)[C@H](C)/C=C(\C)[C@@H](O)[C@@H](OC)C(=O)[C@H](C)C[C@H](C)/C=C/C=C/C=C(\C)[C@@H](OC)C[C@@H]5CC[C@@H](C)[C@@](O)(O5)C(=O)C(=O)N5CCCCC5C(=O)O4)CC3)[C@@]2(C)C[C@H]1OC(C)=O. The molecule has 24 heteroatoms. The van der Waals surface area contributed by atoms with E-state index >= 15 is 0 Å². The number of hydrogen-bond donors (Lipinski definition) is 2. The van der Waals surface area contributed by atoms with E-state index in [9.17, 15) is 58.2 Å². The molecule has 8 aliphatic rings. The second-order valence-corrected chi connectivity index (χ2v) is 30.2. The molecule has 18 atom stereocenters. The van der Waals surface area contributed by atoms with Crippen LogP contribution in [0.4, 0.5) is 0 Å². The lowest BCUT2D eigenvalue weighted by Gasteiger charge is -2.52. The maximum absolute atomic E-state index is 14.7. The van der Waals surface area contributed by atoms with Crippen molar-refractivity contribution < 1.29 is 110 Å². The molecular formula is C77H105NO23. The van der Waals surface area contributed by atoms with Crippen LogP contribution >= 0.6 is 0 Å². The molecule has 9 rings (SSSR count). The number of aliphatic hydroxyl groups is 2. The van der Waals surface area contributed by atoms with Crippen molar-refractivity contribution in [1.29, 1.82) is 0 Å². The number of ether oxygens (including phenoxy) is 10. The summed E-state index contributed by atoms with van der Waals surface area (Å²) in [6.07, 6.45) is 10.4. The van der Waals surface area contributed by atoms with Crippen LogP contribution in [-0.2, 0) is 91.1 Å². The number of amides is 1. The summed E-state index contributed by atoms with van der Waals surface area (Å²) in [6.45, 7) is 16.3. The molecule has 2 unspecified atom stereocenters. The first-order chi connectivity index (χ1) is 47.9. The molecule has 556 valence electrons. The highest BCUT2D eigenvalue weighted by atomic mass is 16.6. The number of carbonyl (C=O) groups excluding carboxylic acids is 10. The first kappa shape index (κ1) is 78.3. The third-order valence-electron chi connectivity index (χ3n) is 23.0. The fraction of sp³-hybridized carbons (Fsp3) is 0.688. The second-order valence-electron chi connectivity index (χ2n) is 30.2. The van der Waals surface area contributed by atoms with Gasteiger partial charge < -0.3 is 66.9 Å². The van der Waals surface area contributed by atoms with E-state index in [0.29, 0.717) is 99.3 Å². The van der Waals surface area contributed by atoms with E-state index in [1.807, 2.05) is 65.0 Å². The van der Waals surface area contributed by atoms with Crippen LogP contribution in [0.5, 0.6) is 0 Å². The molecule has 5 heterocycles. The fourth-order valence-corrected chi connectivity index (χ4v) is 17.2. The smallest absolute Gasteiger partial charge is 0.342 e. The van der Waals surface area contributed by atoms with Crippen molar-refractivity contribution in [1.82, 2.24) is 4.90 Å². The van der Waals surface area contributed by atoms with E-state index < -0.39 is 168 Å². The van der Waals surface area contributed by atoms with Gasteiger partial charge in [-0.05, 0) is 151 Å². The van der Waals surface area contributed by atoms with Crippen molar-refractivity contribution in [2.45, 2.75) is 244 Å². The van der Waals surface area contributed by atoms with Gasteiger partial charge in [-0.15, -0.1) is 0 Å². The molecule has 0 aromatic carbocycles. The van der Waals surface area contributed by atoms with Crippen LogP contribution < -0.4 is 0 Å². The van der Waals surface area contributed by atoms with Crippen LogP contribution in [0, 0.1) is 46.8 Å². The molecule has 4 fully saturated rings. The van der Waals surface area contributed by atoms with Crippen molar-refractivity contribution in [2.75, 3.05) is 47.7 Å². The van der Waals surface area contributed by atoms with Gasteiger partial charge in [0, 0.05) is 81.9 Å². The van der Waals surface area contributed by atoms with Gasteiger partial charge in [0.15, 0.2) is 11.5 Å². The molecule has 0 spiro atoms. The minimum Gasteiger partial charge on any atom is -0.461 e. The van der Waals surface area contributed by atoms with Gasteiger partial charge in [0.05, 0.1) is 24.2 Å². The number of cyclic esters (lactones) is 2. The molecule has 0 radical (unpaired) electrons. The molecule has 2 saturated carbocycles. The van der Waals surface area contributed by atoms with Gasteiger partial charge in [-0.2, -0.15) is 0 Å². The van der Waals surface area contributed by atoms with Crippen molar-refractivity contribution in [3.63, 3.8) is 0 Å². The van der Waals surface area contributed by atoms with Crippen LogP contribution in [0.1, 0.15) is 198 Å². The largest absolute Gasteiger partial charge is 0.461 e. The standard InChI is InChI=1S/C77H105NO23/c1-41-19-15-14-16-20-42(2)56(92-12)34-51-25-22-47(7)77(90,101-51)71(86)72(87)78-30-18-17-21-54(78)74(89)98-57(35-55(80)43(3)32-46(6)67(84)70(93-13)66(83)45(5)31-41)44(4)33-49-23-26-50(27-24-49)97-61(81)39-94-40-62(82)99-59-29-28-53-63-65(58(96-48(8)79)36-75(53,59)9)76(10)60(38-91-11)100-73(88)52-37-95-69(64(52)76)68(63)85/h14-16,19-20,32,37,41,43-45,47,49-51,53-54,56-60,67,70,84,90H,17-18,21-31,33-36,38-40H2,1-13H3/b16-14+,19-15+,42-20+,46-32+/t41-,43-,44-,45-,47-,49?,50?,51+,53?,54?,56+,57+,58-,59+,60-,67-,70+,75+,76+,77-/m1/s1. The number of fused-ring (bicyclic) bond motifs is 6. The Balaban J connectivity index is 0.839. The Hall–Kier alpha value is -6.80. The Bertz CT molecular complexity index is 3440. The first-order valence-corrected chi connectivity index (χ1v) is 36.1. The topological polar surface area (TPSA) is 320 Å². The Labute approximate surface area is 591 Å². The van der Waals surface area contributed by atoms with Gasteiger partial charge in [0.25, 0.3) is 11.7 Å². The molecule has 2 saturated heterocycles. The number of nitrogens with zero attached hydrogens (tertiary/aromatic N) is 1. The lowest BCUT2D eigenvalue weighted by atomic mass is 9.54. The van der Waals surface area contributed by atoms with E-state index in [1.54, 1.807) is 40.9 Å². The summed E-state index contributed by atoms with van der Waals surface area (Å²) in [7, 11) is 4.38. The number of allylic oxidation sites excluding steroid dienone is 7. The summed E-state index contributed by atoms with van der Waals surface area (Å²) in [5.41, 5.74) is 0.448. The third kappa shape index (κ3) is 16.9. The molecule has 4 aliphatic heterocycles. The number of rotatable bonds is 14. The minimum atomic E-state index is -2.50. The Morgan fingerprint density at radius 3 is 2.19 bits per heavy atom. The first-order valence-electron chi connectivity index (χ1n) is 36.1. The molecule has 24 nitrogen and oxygen atoms in total. The molecular weight excluding hydrogens is 1310 g/mol. The number of hydrogen-bond acceptors (Lipinski definition) is 23. The van der Waals surface area contributed by atoms with E-state index in [2.05, 4.69) is 0 Å². The van der Waals surface area contributed by atoms with E-state index in [4.69, 9.17) is 51.8 Å². The minimum absolute atomic E-state index is 0.00168. The predicted molar refractivity (Wildman–Crippen MR) is 363 cm³/mol. The summed E-state index contributed by atoms with van der Waals surface area (Å²) in [5, 5.41) is 23.7. The average Bonchev–Trinajstić information content (AvgIpc) is 1.65. The fourth-order valence-electron chi connectivity index (χ4n) is 17.2. The maximum Gasteiger partial charge on any atom is 0.342 e. The number of Topliss-reactive ketones (excluding diaryl/α,β-unsaturated/α-hetero) is 4. The summed E-state index contributed by atoms with van der Waals surface area (Å²) >= 11 is 0. The monoisotopic (exact) mass is 1410 g/mol. The summed E-state index contributed by atoms with van der Waals surface area (Å²) in [6, 6.07) is -1.23. The zero-order valence-electron chi connectivity index (χ0n) is 60.9. The van der Waals surface area contributed by atoms with Crippen LogP contribution in [0.15, 0.2) is 69.4 Å². The Morgan fingerprint density at radius 2 is 1.50 bits per heavy atom. The highest BCUT2D eigenvalue weighted by Crippen LogP contribution is 2.63. The van der Waals surface area contributed by atoms with Crippen LogP contribution in [0.25, 0.3) is 0 Å². The van der Waals surface area contributed by atoms with E-state index in [-0.39, 0.29) is 73.6 Å². The predicted octanol–water partition coefficient (Wildman–Crippen LogP) is 9.02. The second kappa shape index (κ2) is 33.3. The molecule has 1 aromatic rings. The number of ketones is 4. The molecule has 4 aliphatic carbocycles. The van der Waals surface area contributed by atoms with E-state index in [0.717, 1.165) is 10.5 Å². The van der Waals surface area contributed by atoms with Crippen molar-refractivity contribution in [2.24, 2.45) is 46.8 Å². The summed E-state index contributed by atoms with van der Waals surface area (Å²) in [4.78, 5) is 141. The van der Waals surface area contributed by atoms with Gasteiger partial charge in [0.2, 0.25) is 11.6 Å². The summed E-state index contributed by atoms with van der Waals surface area (Å²) in [5.74, 6) is -12.4. The van der Waals surface area contributed by atoms with Crippen LogP contribution in [0.2, 0.25) is 0 Å². The number of piperidine rings is 1. The maximum atomic E-state index is 14.7. The van der Waals surface area contributed by atoms with Crippen molar-refractivity contribution in [3.8, 4) is 0 Å². The normalized spacial score (nSPS) is 37.7. The van der Waals surface area contributed by atoms with Gasteiger partial charge >= 0.3 is 29.8 Å². The van der Waals surface area contributed by atoms with Gasteiger partial charge in [-0.3, -0.25) is 28.8 Å². The zero-order chi connectivity index (χ0) is 73.6. The van der Waals surface area contributed by atoms with Gasteiger partial charge in [-0.25, -0.2) is 19.2 Å². The molecule has 2 bridgehead atoms. The van der Waals surface area contributed by atoms with E-state index in [1.165, 1.54) is 27.4 Å². The number of methoxy groups -OCH3 is 3. The summed E-state index contributed by atoms with van der Waals surface area (Å²) < 4.78 is 64.8. The Kier molecular flexibility index (Phi) is 25.8. The van der Waals surface area contributed by atoms with Gasteiger partial charge in [-0.1, -0.05) is 78.0 Å². The highest BCUT2D eigenvalue weighted by Gasteiger charge is 2.65. The lowest BCUT2D eigenvalue weighted by molar-refractivity contribution is -0.265. The van der Waals surface area contributed by atoms with Crippen LogP contribution in [-0.4, -0.2) is 188 Å². The van der Waals surface area contributed by atoms with Crippen molar-refractivity contribution >= 4 is 58.9 Å². The quantitative estimate of drug-likeness (QED) is 0.0759. The number of furan rings is 1. The lowest BCUT2D eigenvalue weighted by Crippen LogP contribution is -2.61. The zero-order valence-corrected chi connectivity index (χ0v) is 60.9. The van der Waals surface area contributed by atoms with Crippen molar-refractivity contribution in [3.05, 3.63) is 81.9 Å². The Morgan fingerprint density at radius 1 is 0.792 bits per heavy atom. The molecule has 1 aromatic heterocycles. The van der Waals surface area contributed by atoms with Crippen LogP contribution in [0.3, 0.4) is 0 Å². The third-order valence-corrected chi connectivity index (χ3v) is 23.0. The average molecular weight is 1410 g/mol. The molecule has 101 heavy (non-hydrogen) atoms. The highest BCUT2D eigenvalue weighted by molar-refractivity contribution is 6.39. The number of aliphatic hydroxyl groups excluding tert-OH is 1. The van der Waals surface area contributed by atoms with Gasteiger partial charge in [0.1, 0.15) is 79.6 Å².